The molecule has 0 aliphatic rings. The van der Waals surface area contributed by atoms with Gasteiger partial charge in [-0.25, -0.2) is 0 Å². The number of anilines is 1. The quantitative estimate of drug-likeness (QED) is 0.823. The van der Waals surface area contributed by atoms with Gasteiger partial charge in [0.25, 0.3) is 5.91 Å². The Kier molecular flexibility index (Phi) is 5.18. The van der Waals surface area contributed by atoms with E-state index in [1.165, 1.54) is 11.0 Å². The van der Waals surface area contributed by atoms with Gasteiger partial charge in [0.15, 0.2) is 0 Å². The molecule has 104 valence electrons. The van der Waals surface area contributed by atoms with E-state index >= 15 is 0 Å². The Morgan fingerprint density at radius 3 is 2.58 bits per heavy atom. The molecule has 1 aromatic carbocycles. The molecule has 0 aliphatic heterocycles. The third-order valence-electron chi connectivity index (χ3n) is 2.42. The monoisotopic (exact) mass is 283 g/mol. The third kappa shape index (κ3) is 4.44. The van der Waals surface area contributed by atoms with Crippen molar-refractivity contribution in [2.24, 2.45) is 0 Å². The number of carbonyl (C=O) groups is 2. The highest BCUT2D eigenvalue weighted by Crippen LogP contribution is 2.20. The first-order valence-corrected chi connectivity index (χ1v) is 6.29. The van der Waals surface area contributed by atoms with Crippen molar-refractivity contribution in [3.63, 3.8) is 0 Å². The first-order chi connectivity index (χ1) is 8.81. The van der Waals surface area contributed by atoms with E-state index < -0.39 is 0 Å². The number of rotatable bonds is 4. The first-order valence-electron chi connectivity index (χ1n) is 5.91. The molecule has 0 spiro atoms. The summed E-state index contributed by atoms with van der Waals surface area (Å²) in [4.78, 5) is 25.0. The Morgan fingerprint density at radius 2 is 2.05 bits per heavy atom. The smallest absolute Gasteiger partial charge is 0.254 e. The number of nitrogens with one attached hydrogen (secondary N) is 1. The third-order valence-corrected chi connectivity index (χ3v) is 2.76. The van der Waals surface area contributed by atoms with Crippen molar-refractivity contribution < 1.29 is 9.59 Å². The normalized spacial score (nSPS) is 10.4. The molecular weight excluding hydrogens is 266 g/mol. The maximum atomic E-state index is 12.1. The Hall–Kier alpha value is -1.75. The minimum atomic E-state index is -0.276. The molecule has 5 nitrogen and oxygen atoms in total. The molecule has 0 saturated carbocycles. The summed E-state index contributed by atoms with van der Waals surface area (Å²) in [5, 5.41) is 3.12. The Labute approximate surface area is 117 Å². The van der Waals surface area contributed by atoms with Gasteiger partial charge in [0.1, 0.15) is 0 Å². The van der Waals surface area contributed by atoms with Crippen molar-refractivity contribution in [3.8, 4) is 0 Å². The number of likely N-dealkylation sites (N-methyl/N-ethyl adjacent to an activating group) is 1. The van der Waals surface area contributed by atoms with Gasteiger partial charge < -0.3 is 16.0 Å². The van der Waals surface area contributed by atoms with E-state index in [2.05, 4.69) is 5.32 Å². The molecule has 0 radical (unpaired) electrons. The summed E-state index contributed by atoms with van der Waals surface area (Å²) >= 11 is 5.79. The molecule has 0 atom stereocenters. The number of carbonyl (C=O) groups excluding carboxylic acids is 2. The highest BCUT2D eigenvalue weighted by molar-refractivity contribution is 6.33. The van der Waals surface area contributed by atoms with Crippen LogP contribution in [0, 0.1) is 0 Å². The van der Waals surface area contributed by atoms with E-state index in [4.69, 9.17) is 17.3 Å². The van der Waals surface area contributed by atoms with Crippen molar-refractivity contribution in [3.05, 3.63) is 28.8 Å². The SMILES string of the molecule is CC(C)NC(=O)CN(C)C(=O)c1ccc(Cl)c(N)c1. The highest BCUT2D eigenvalue weighted by Gasteiger charge is 2.16. The summed E-state index contributed by atoms with van der Waals surface area (Å²) in [7, 11) is 1.56. The minimum absolute atomic E-state index is 0.000452. The molecule has 1 aromatic rings. The first kappa shape index (κ1) is 15.3. The molecule has 1 rings (SSSR count). The van der Waals surface area contributed by atoms with E-state index in [9.17, 15) is 9.59 Å². The highest BCUT2D eigenvalue weighted by atomic mass is 35.5. The van der Waals surface area contributed by atoms with Crippen LogP contribution in [0.5, 0.6) is 0 Å². The van der Waals surface area contributed by atoms with Gasteiger partial charge in [0, 0.05) is 18.7 Å². The van der Waals surface area contributed by atoms with Crippen LogP contribution < -0.4 is 11.1 Å². The lowest BCUT2D eigenvalue weighted by molar-refractivity contribution is -0.122. The Bertz CT molecular complexity index is 489. The number of halogens is 1. The van der Waals surface area contributed by atoms with Gasteiger partial charge in [-0.1, -0.05) is 11.6 Å². The molecule has 0 aromatic heterocycles. The summed E-state index contributed by atoms with van der Waals surface area (Å²) in [6, 6.07) is 4.69. The van der Waals surface area contributed by atoms with E-state index in [-0.39, 0.29) is 24.4 Å². The molecule has 19 heavy (non-hydrogen) atoms. The van der Waals surface area contributed by atoms with Crippen LogP contribution in [-0.4, -0.2) is 36.3 Å². The maximum Gasteiger partial charge on any atom is 0.254 e. The fourth-order valence-corrected chi connectivity index (χ4v) is 1.67. The van der Waals surface area contributed by atoms with Crippen LogP contribution in [0.3, 0.4) is 0 Å². The number of hydrogen-bond donors (Lipinski definition) is 2. The summed E-state index contributed by atoms with van der Waals surface area (Å²) in [6.07, 6.45) is 0. The molecular formula is C13H18ClN3O2. The molecule has 0 saturated heterocycles. The van der Waals surface area contributed by atoms with E-state index in [1.54, 1.807) is 19.2 Å². The number of hydrogen-bond acceptors (Lipinski definition) is 3. The van der Waals surface area contributed by atoms with Crippen LogP contribution in [0.2, 0.25) is 5.02 Å². The lowest BCUT2D eigenvalue weighted by atomic mass is 10.2. The van der Waals surface area contributed by atoms with Gasteiger partial charge in [-0.2, -0.15) is 0 Å². The van der Waals surface area contributed by atoms with Crippen LogP contribution in [0.4, 0.5) is 5.69 Å². The van der Waals surface area contributed by atoms with Crippen LogP contribution in [0.15, 0.2) is 18.2 Å². The van der Waals surface area contributed by atoms with Crippen molar-refractivity contribution in [2.45, 2.75) is 19.9 Å². The molecule has 2 amide bonds. The van der Waals surface area contributed by atoms with Gasteiger partial charge in [-0.05, 0) is 32.0 Å². The number of benzene rings is 1. The summed E-state index contributed by atoms with van der Waals surface area (Å²) in [6.45, 7) is 3.72. The molecule has 0 fully saturated rings. The van der Waals surface area contributed by atoms with Crippen LogP contribution >= 0.6 is 11.6 Å². The molecule has 0 unspecified atom stereocenters. The zero-order valence-electron chi connectivity index (χ0n) is 11.2. The molecule has 0 bridgehead atoms. The number of amides is 2. The average molecular weight is 284 g/mol. The number of nitrogen functional groups attached to an aromatic ring is 1. The topological polar surface area (TPSA) is 75.4 Å². The Morgan fingerprint density at radius 1 is 1.42 bits per heavy atom. The van der Waals surface area contributed by atoms with E-state index in [1.807, 2.05) is 13.8 Å². The molecule has 0 aliphatic carbocycles. The van der Waals surface area contributed by atoms with Crippen LogP contribution in [0.1, 0.15) is 24.2 Å². The van der Waals surface area contributed by atoms with E-state index in [0.717, 1.165) is 0 Å². The summed E-state index contributed by atoms with van der Waals surface area (Å²) in [5.74, 6) is -0.477. The second-order valence-electron chi connectivity index (χ2n) is 4.62. The van der Waals surface area contributed by atoms with Crippen molar-refractivity contribution in [1.82, 2.24) is 10.2 Å². The fourth-order valence-electron chi connectivity index (χ4n) is 1.55. The molecule has 6 heteroatoms. The van der Waals surface area contributed by atoms with Crippen molar-refractivity contribution in [1.29, 1.82) is 0 Å². The lowest BCUT2D eigenvalue weighted by Gasteiger charge is -2.18. The zero-order valence-corrected chi connectivity index (χ0v) is 12.0. The van der Waals surface area contributed by atoms with Gasteiger partial charge in [0.05, 0.1) is 17.3 Å². The van der Waals surface area contributed by atoms with Gasteiger partial charge >= 0.3 is 0 Å². The molecule has 0 heterocycles. The zero-order chi connectivity index (χ0) is 14.6. The van der Waals surface area contributed by atoms with E-state index in [0.29, 0.717) is 16.3 Å². The van der Waals surface area contributed by atoms with Crippen molar-refractivity contribution >= 4 is 29.1 Å². The van der Waals surface area contributed by atoms with Crippen molar-refractivity contribution in [2.75, 3.05) is 19.3 Å². The largest absolute Gasteiger partial charge is 0.398 e. The maximum absolute atomic E-state index is 12.1. The van der Waals surface area contributed by atoms with Gasteiger partial charge in [-0.15, -0.1) is 0 Å². The lowest BCUT2D eigenvalue weighted by Crippen LogP contribution is -2.40. The number of nitrogens with zero attached hydrogens (tertiary/aromatic N) is 1. The predicted molar refractivity (Wildman–Crippen MR) is 76.1 cm³/mol. The summed E-state index contributed by atoms with van der Waals surface area (Å²) < 4.78 is 0. The second kappa shape index (κ2) is 6.43. The van der Waals surface area contributed by atoms with Gasteiger partial charge in [-0.3, -0.25) is 9.59 Å². The Balaban J connectivity index is 2.71. The second-order valence-corrected chi connectivity index (χ2v) is 5.03. The summed E-state index contributed by atoms with van der Waals surface area (Å²) in [5.41, 5.74) is 6.39. The van der Waals surface area contributed by atoms with Crippen LogP contribution in [0.25, 0.3) is 0 Å². The standard InChI is InChI=1S/C13H18ClN3O2/c1-8(2)16-12(18)7-17(3)13(19)9-4-5-10(14)11(15)6-9/h4-6,8H,7,15H2,1-3H3,(H,16,18). The molecule has 3 N–H and O–H groups in total. The van der Waals surface area contributed by atoms with Gasteiger partial charge in [0.2, 0.25) is 5.91 Å². The fraction of sp³-hybridized carbons (Fsp3) is 0.385. The average Bonchev–Trinajstić information content (AvgIpc) is 2.30. The predicted octanol–water partition coefficient (Wildman–Crippen LogP) is 1.52. The van der Waals surface area contributed by atoms with Crippen LogP contribution in [-0.2, 0) is 4.79 Å². The number of nitrogens with two attached hydrogens (primary N) is 1. The minimum Gasteiger partial charge on any atom is -0.398 e.